The summed E-state index contributed by atoms with van der Waals surface area (Å²) >= 11 is 7.42. The first-order chi connectivity index (χ1) is 6.75. The Hall–Kier alpha value is 0.130. The number of nitrogens with zero attached hydrogens (tertiary/aromatic N) is 2. The van der Waals surface area contributed by atoms with E-state index >= 15 is 0 Å². The highest BCUT2D eigenvalue weighted by atomic mass is 35.5. The molecule has 1 atom stereocenters. The summed E-state index contributed by atoms with van der Waals surface area (Å²) in [5.74, 6) is 0. The Morgan fingerprint density at radius 2 is 2.53 bits per heavy atom. The molecule has 1 N–H and O–H groups in total. The van der Waals surface area contributed by atoms with Crippen molar-refractivity contribution < 1.29 is 0 Å². The predicted molar refractivity (Wildman–Crippen MR) is 67.1 cm³/mol. The van der Waals surface area contributed by atoms with E-state index in [0.717, 1.165) is 35.5 Å². The summed E-state index contributed by atoms with van der Waals surface area (Å²) in [5, 5.41) is 4.49. The maximum atomic E-state index is 5.84. The summed E-state index contributed by atoms with van der Waals surface area (Å²) in [6.45, 7) is 6.41. The number of piperazine rings is 1. The number of aromatic nitrogens is 1. The summed E-state index contributed by atoms with van der Waals surface area (Å²) < 4.78 is 0.780. The normalized spacial score (nSPS) is 22.4. The zero-order chi connectivity index (χ0) is 9.97. The maximum Gasteiger partial charge on any atom is 0.113 e. The van der Waals surface area contributed by atoms with Gasteiger partial charge in [0, 0.05) is 25.7 Å². The molecule has 1 saturated heterocycles. The van der Waals surface area contributed by atoms with Gasteiger partial charge in [-0.05, 0) is 6.92 Å². The lowest BCUT2D eigenvalue weighted by Crippen LogP contribution is -2.49. The molecule has 0 aromatic carbocycles. The molecule has 86 valence electrons. The number of nitrogens with one attached hydrogen (secondary N) is 1. The third-order valence-electron chi connectivity index (χ3n) is 2.50. The molecule has 1 aliphatic heterocycles. The van der Waals surface area contributed by atoms with Crippen molar-refractivity contribution in [3.05, 3.63) is 15.5 Å². The lowest BCUT2D eigenvalue weighted by molar-refractivity contribution is 0.165. The average molecular weight is 268 g/mol. The molecule has 0 spiro atoms. The van der Waals surface area contributed by atoms with Gasteiger partial charge in [-0.15, -0.1) is 23.7 Å². The molecule has 1 aliphatic rings. The molecule has 2 rings (SSSR count). The molecule has 0 radical (unpaired) electrons. The van der Waals surface area contributed by atoms with Gasteiger partial charge in [0.15, 0.2) is 0 Å². The zero-order valence-electron chi connectivity index (χ0n) is 8.57. The Labute approximate surface area is 105 Å². The predicted octanol–water partition coefficient (Wildman–Crippen LogP) is 2.01. The number of hydrogen-bond acceptors (Lipinski definition) is 4. The van der Waals surface area contributed by atoms with Crippen LogP contribution in [-0.2, 0) is 6.54 Å². The van der Waals surface area contributed by atoms with Crippen LogP contribution in [0.4, 0.5) is 0 Å². The Bertz CT molecular complexity index is 305. The van der Waals surface area contributed by atoms with Gasteiger partial charge >= 0.3 is 0 Å². The lowest BCUT2D eigenvalue weighted by Gasteiger charge is -2.33. The lowest BCUT2D eigenvalue weighted by atomic mass is 10.2. The highest BCUT2D eigenvalue weighted by Crippen LogP contribution is 2.20. The Kier molecular flexibility index (Phi) is 5.29. The van der Waals surface area contributed by atoms with E-state index in [9.17, 15) is 0 Å². The molecular formula is C9H15Cl2N3S. The first-order valence-electron chi connectivity index (χ1n) is 4.80. The molecule has 0 bridgehead atoms. The van der Waals surface area contributed by atoms with Crippen LogP contribution >= 0.6 is 35.3 Å². The first kappa shape index (κ1) is 13.2. The minimum absolute atomic E-state index is 0. The molecule has 0 saturated carbocycles. The third kappa shape index (κ3) is 3.57. The molecule has 0 aliphatic carbocycles. The minimum atomic E-state index is 0. The Morgan fingerprint density at radius 3 is 3.13 bits per heavy atom. The second-order valence-electron chi connectivity index (χ2n) is 3.58. The van der Waals surface area contributed by atoms with Crippen molar-refractivity contribution in [2.24, 2.45) is 0 Å². The highest BCUT2D eigenvalue weighted by Gasteiger charge is 2.18. The number of thiazole rings is 1. The molecule has 1 aromatic heterocycles. The molecular weight excluding hydrogens is 253 g/mol. The van der Waals surface area contributed by atoms with Crippen molar-refractivity contribution in [3.63, 3.8) is 0 Å². The van der Waals surface area contributed by atoms with Crippen LogP contribution in [0.25, 0.3) is 0 Å². The van der Waals surface area contributed by atoms with Gasteiger partial charge in [-0.2, -0.15) is 0 Å². The highest BCUT2D eigenvalue weighted by molar-refractivity contribution is 7.15. The number of rotatable bonds is 2. The van der Waals surface area contributed by atoms with E-state index in [0.29, 0.717) is 6.04 Å². The van der Waals surface area contributed by atoms with E-state index < -0.39 is 0 Å². The van der Waals surface area contributed by atoms with E-state index in [1.807, 2.05) is 0 Å². The Balaban J connectivity index is 0.00000112. The van der Waals surface area contributed by atoms with Gasteiger partial charge in [0.2, 0.25) is 0 Å². The van der Waals surface area contributed by atoms with Gasteiger partial charge in [0.1, 0.15) is 9.34 Å². The van der Waals surface area contributed by atoms with Crippen molar-refractivity contribution in [2.45, 2.75) is 19.5 Å². The van der Waals surface area contributed by atoms with Crippen LogP contribution in [0.5, 0.6) is 0 Å². The summed E-state index contributed by atoms with van der Waals surface area (Å²) in [7, 11) is 0. The van der Waals surface area contributed by atoms with E-state index in [1.54, 1.807) is 17.5 Å². The van der Waals surface area contributed by atoms with Crippen LogP contribution in [0.1, 0.15) is 11.9 Å². The van der Waals surface area contributed by atoms with Gasteiger partial charge in [-0.1, -0.05) is 11.6 Å². The monoisotopic (exact) mass is 267 g/mol. The van der Waals surface area contributed by atoms with Crippen molar-refractivity contribution >= 4 is 35.3 Å². The zero-order valence-corrected chi connectivity index (χ0v) is 11.0. The number of hydrogen-bond donors (Lipinski definition) is 1. The molecule has 1 fully saturated rings. The largest absolute Gasteiger partial charge is 0.314 e. The molecule has 6 heteroatoms. The van der Waals surface area contributed by atoms with E-state index in [1.165, 1.54) is 0 Å². The first-order valence-corrected chi connectivity index (χ1v) is 6.00. The topological polar surface area (TPSA) is 28.2 Å². The minimum Gasteiger partial charge on any atom is -0.314 e. The standard InChI is InChI=1S/C9H14ClN3S.ClH/c1-7-4-11-2-3-13(7)6-9-12-5-8(10)14-9;/h5,7,11H,2-4,6H2,1H3;1H. The van der Waals surface area contributed by atoms with Gasteiger partial charge < -0.3 is 5.32 Å². The second-order valence-corrected chi connectivity index (χ2v) is 5.33. The fraction of sp³-hybridized carbons (Fsp3) is 0.667. The van der Waals surface area contributed by atoms with Crippen LogP contribution in [-0.4, -0.2) is 35.6 Å². The maximum absolute atomic E-state index is 5.84. The summed E-state index contributed by atoms with van der Waals surface area (Å²) in [5.41, 5.74) is 0. The average Bonchev–Trinajstić information content (AvgIpc) is 2.56. The smallest absolute Gasteiger partial charge is 0.113 e. The SMILES string of the molecule is CC1CNCCN1Cc1ncc(Cl)s1.Cl. The van der Waals surface area contributed by atoms with Gasteiger partial charge in [-0.3, -0.25) is 4.90 Å². The van der Waals surface area contributed by atoms with Gasteiger partial charge in [-0.25, -0.2) is 4.98 Å². The van der Waals surface area contributed by atoms with Crippen molar-refractivity contribution in [3.8, 4) is 0 Å². The fourth-order valence-electron chi connectivity index (χ4n) is 1.65. The fourth-order valence-corrected chi connectivity index (χ4v) is 2.64. The molecule has 0 amide bonds. The van der Waals surface area contributed by atoms with E-state index in [4.69, 9.17) is 11.6 Å². The van der Waals surface area contributed by atoms with E-state index in [2.05, 4.69) is 22.1 Å². The van der Waals surface area contributed by atoms with Crippen molar-refractivity contribution in [1.29, 1.82) is 0 Å². The number of halogens is 2. The Morgan fingerprint density at radius 1 is 1.73 bits per heavy atom. The summed E-state index contributed by atoms with van der Waals surface area (Å²) in [6.07, 6.45) is 1.73. The van der Waals surface area contributed by atoms with Crippen molar-refractivity contribution in [1.82, 2.24) is 15.2 Å². The van der Waals surface area contributed by atoms with Gasteiger partial charge in [0.25, 0.3) is 0 Å². The molecule has 3 nitrogen and oxygen atoms in total. The van der Waals surface area contributed by atoms with Gasteiger partial charge in [0.05, 0.1) is 12.7 Å². The van der Waals surface area contributed by atoms with E-state index in [-0.39, 0.29) is 12.4 Å². The van der Waals surface area contributed by atoms with Crippen LogP contribution in [0, 0.1) is 0 Å². The van der Waals surface area contributed by atoms with Crippen LogP contribution in [0.15, 0.2) is 6.20 Å². The molecule has 15 heavy (non-hydrogen) atoms. The summed E-state index contributed by atoms with van der Waals surface area (Å²) in [4.78, 5) is 6.70. The van der Waals surface area contributed by atoms with Crippen LogP contribution < -0.4 is 5.32 Å². The quantitative estimate of drug-likeness (QED) is 0.889. The van der Waals surface area contributed by atoms with Crippen LogP contribution in [0.3, 0.4) is 0 Å². The second kappa shape index (κ2) is 6.01. The third-order valence-corrected chi connectivity index (χ3v) is 3.60. The van der Waals surface area contributed by atoms with Crippen LogP contribution in [0.2, 0.25) is 4.34 Å². The molecule has 1 aromatic rings. The molecule has 1 unspecified atom stereocenters. The molecule has 2 heterocycles. The van der Waals surface area contributed by atoms with Crippen molar-refractivity contribution in [2.75, 3.05) is 19.6 Å². The summed E-state index contributed by atoms with van der Waals surface area (Å²) in [6, 6.07) is 0.589.